The highest BCUT2D eigenvalue weighted by Crippen LogP contribution is 2.21. The van der Waals surface area contributed by atoms with Crippen molar-refractivity contribution in [1.29, 1.82) is 0 Å². The Kier molecular flexibility index (Phi) is 5.51. The fourth-order valence-corrected chi connectivity index (χ4v) is 3.39. The lowest BCUT2D eigenvalue weighted by molar-refractivity contribution is -0.117. The molecule has 23 heavy (non-hydrogen) atoms. The van der Waals surface area contributed by atoms with Crippen LogP contribution in [0.3, 0.4) is 0 Å². The van der Waals surface area contributed by atoms with E-state index < -0.39 is 0 Å². The van der Waals surface area contributed by atoms with E-state index in [1.54, 1.807) is 0 Å². The Morgan fingerprint density at radius 1 is 1.04 bits per heavy atom. The molecule has 0 unspecified atom stereocenters. The van der Waals surface area contributed by atoms with Gasteiger partial charge in [0.1, 0.15) is 0 Å². The number of carbonyl (C=O) groups is 1. The van der Waals surface area contributed by atoms with Crippen LogP contribution in [0.25, 0.3) is 0 Å². The number of anilines is 2. The van der Waals surface area contributed by atoms with E-state index in [0.717, 1.165) is 44.7 Å². The zero-order valence-electron chi connectivity index (χ0n) is 13.7. The number of carbonyl (C=O) groups excluding carboxylic acids is 1. The predicted molar refractivity (Wildman–Crippen MR) is 92.8 cm³/mol. The van der Waals surface area contributed by atoms with Gasteiger partial charge in [0.05, 0.1) is 12.6 Å². The van der Waals surface area contributed by atoms with Gasteiger partial charge in [0.15, 0.2) is 0 Å². The molecule has 5 heteroatoms. The first-order valence-corrected chi connectivity index (χ1v) is 8.76. The predicted octanol–water partition coefficient (Wildman–Crippen LogP) is 2.07. The summed E-state index contributed by atoms with van der Waals surface area (Å²) in [7, 11) is 0. The molecule has 1 amide bonds. The first-order chi connectivity index (χ1) is 11.2. The van der Waals surface area contributed by atoms with Crippen molar-refractivity contribution < 1.29 is 9.90 Å². The summed E-state index contributed by atoms with van der Waals surface area (Å²) >= 11 is 0. The summed E-state index contributed by atoms with van der Waals surface area (Å²) in [6.07, 6.45) is 5.19. The molecule has 2 fully saturated rings. The Labute approximate surface area is 138 Å². The Balaban J connectivity index is 1.48. The molecule has 1 aromatic carbocycles. The first-order valence-electron chi connectivity index (χ1n) is 8.76. The number of aliphatic hydroxyl groups excluding tert-OH is 1. The largest absolute Gasteiger partial charge is 0.393 e. The third-order valence-electron chi connectivity index (χ3n) is 4.80. The molecule has 0 atom stereocenters. The Hall–Kier alpha value is -1.59. The third kappa shape index (κ3) is 4.69. The van der Waals surface area contributed by atoms with E-state index in [4.69, 9.17) is 0 Å². The van der Waals surface area contributed by atoms with Gasteiger partial charge in [0.25, 0.3) is 0 Å². The van der Waals surface area contributed by atoms with Gasteiger partial charge in [-0.15, -0.1) is 0 Å². The van der Waals surface area contributed by atoms with E-state index in [-0.39, 0.29) is 12.0 Å². The van der Waals surface area contributed by atoms with Gasteiger partial charge in [0, 0.05) is 37.6 Å². The lowest BCUT2D eigenvalue weighted by Gasteiger charge is -2.29. The van der Waals surface area contributed by atoms with Crippen LogP contribution in [0.1, 0.15) is 32.1 Å². The van der Waals surface area contributed by atoms with E-state index in [1.165, 1.54) is 24.9 Å². The maximum absolute atomic E-state index is 12.1. The average Bonchev–Trinajstić information content (AvgIpc) is 2.58. The standard InChI is InChI=1S/C18H27N3O2/c22-17-8-12-20(13-9-17)14-18(23)19-15-4-6-16(7-5-15)21-10-2-1-3-11-21/h4-7,17,22H,1-3,8-14H2,(H,19,23). The normalized spacial score (nSPS) is 20.5. The molecular formula is C18H27N3O2. The van der Waals surface area contributed by atoms with Crippen molar-refractivity contribution in [1.82, 2.24) is 4.90 Å². The van der Waals surface area contributed by atoms with E-state index >= 15 is 0 Å². The highest BCUT2D eigenvalue weighted by molar-refractivity contribution is 5.92. The SMILES string of the molecule is O=C(CN1CCC(O)CC1)Nc1ccc(N2CCCCC2)cc1. The number of benzene rings is 1. The average molecular weight is 317 g/mol. The zero-order chi connectivity index (χ0) is 16.1. The van der Waals surface area contributed by atoms with Crippen molar-refractivity contribution in [2.45, 2.75) is 38.2 Å². The van der Waals surface area contributed by atoms with Crippen molar-refractivity contribution in [2.75, 3.05) is 42.9 Å². The second kappa shape index (κ2) is 7.79. The number of rotatable bonds is 4. The van der Waals surface area contributed by atoms with Crippen molar-refractivity contribution in [2.24, 2.45) is 0 Å². The molecule has 0 aliphatic carbocycles. The van der Waals surface area contributed by atoms with Crippen molar-refractivity contribution in [3.05, 3.63) is 24.3 Å². The minimum atomic E-state index is -0.198. The fraction of sp³-hybridized carbons (Fsp3) is 0.611. The molecular weight excluding hydrogens is 290 g/mol. The monoisotopic (exact) mass is 317 g/mol. The molecule has 0 saturated carbocycles. The summed E-state index contributed by atoms with van der Waals surface area (Å²) in [5, 5.41) is 12.5. The quantitative estimate of drug-likeness (QED) is 0.893. The molecule has 2 aliphatic rings. The van der Waals surface area contributed by atoms with Crippen LogP contribution in [0.2, 0.25) is 0 Å². The Bertz CT molecular complexity index is 504. The highest BCUT2D eigenvalue weighted by atomic mass is 16.3. The number of nitrogens with zero attached hydrogens (tertiary/aromatic N) is 2. The molecule has 0 radical (unpaired) electrons. The van der Waals surface area contributed by atoms with Crippen LogP contribution in [0.4, 0.5) is 11.4 Å². The molecule has 2 N–H and O–H groups in total. The third-order valence-corrected chi connectivity index (χ3v) is 4.80. The molecule has 1 aromatic rings. The van der Waals surface area contributed by atoms with Crippen molar-refractivity contribution >= 4 is 17.3 Å². The zero-order valence-corrected chi connectivity index (χ0v) is 13.7. The maximum atomic E-state index is 12.1. The second-order valence-corrected chi connectivity index (χ2v) is 6.65. The van der Waals surface area contributed by atoms with Crippen LogP contribution in [-0.4, -0.2) is 54.7 Å². The second-order valence-electron chi connectivity index (χ2n) is 6.65. The number of amides is 1. The summed E-state index contributed by atoms with van der Waals surface area (Å²) in [5.74, 6) is 0.0205. The molecule has 5 nitrogen and oxygen atoms in total. The summed E-state index contributed by atoms with van der Waals surface area (Å²) in [4.78, 5) is 16.6. The Morgan fingerprint density at radius 3 is 2.35 bits per heavy atom. The molecule has 0 bridgehead atoms. The van der Waals surface area contributed by atoms with Gasteiger partial charge in [-0.3, -0.25) is 9.69 Å². The number of aliphatic hydroxyl groups is 1. The van der Waals surface area contributed by atoms with E-state index in [9.17, 15) is 9.90 Å². The maximum Gasteiger partial charge on any atom is 0.238 e. The summed E-state index contributed by atoms with van der Waals surface area (Å²) in [5.41, 5.74) is 2.10. The van der Waals surface area contributed by atoms with Gasteiger partial charge in [-0.05, 0) is 56.4 Å². The van der Waals surface area contributed by atoms with E-state index in [1.807, 2.05) is 12.1 Å². The molecule has 2 saturated heterocycles. The van der Waals surface area contributed by atoms with Crippen LogP contribution in [0, 0.1) is 0 Å². The minimum absolute atomic E-state index is 0.0205. The van der Waals surface area contributed by atoms with Crippen LogP contribution in [-0.2, 0) is 4.79 Å². The molecule has 0 aromatic heterocycles. The van der Waals surface area contributed by atoms with Crippen LogP contribution >= 0.6 is 0 Å². The van der Waals surface area contributed by atoms with Crippen LogP contribution in [0.5, 0.6) is 0 Å². The van der Waals surface area contributed by atoms with Crippen molar-refractivity contribution in [3.8, 4) is 0 Å². The highest BCUT2D eigenvalue weighted by Gasteiger charge is 2.19. The van der Waals surface area contributed by atoms with Gasteiger partial charge in [0.2, 0.25) is 5.91 Å². The van der Waals surface area contributed by atoms with E-state index in [0.29, 0.717) is 6.54 Å². The summed E-state index contributed by atoms with van der Waals surface area (Å²) in [6.45, 7) is 4.25. The molecule has 126 valence electrons. The van der Waals surface area contributed by atoms with Gasteiger partial charge in [-0.1, -0.05) is 0 Å². The molecule has 0 spiro atoms. The van der Waals surface area contributed by atoms with Gasteiger partial charge in [-0.25, -0.2) is 0 Å². The number of hydrogen-bond acceptors (Lipinski definition) is 4. The molecule has 2 aliphatic heterocycles. The molecule has 3 rings (SSSR count). The number of nitrogens with one attached hydrogen (secondary N) is 1. The topological polar surface area (TPSA) is 55.8 Å². The lowest BCUT2D eigenvalue weighted by Crippen LogP contribution is -2.40. The lowest BCUT2D eigenvalue weighted by atomic mass is 10.1. The first kappa shape index (κ1) is 16.3. The molecule has 2 heterocycles. The smallest absolute Gasteiger partial charge is 0.238 e. The summed E-state index contributed by atoms with van der Waals surface area (Å²) in [6, 6.07) is 8.17. The minimum Gasteiger partial charge on any atom is -0.393 e. The van der Waals surface area contributed by atoms with Gasteiger partial charge in [-0.2, -0.15) is 0 Å². The number of likely N-dealkylation sites (tertiary alicyclic amines) is 1. The van der Waals surface area contributed by atoms with Crippen LogP contribution < -0.4 is 10.2 Å². The fourth-order valence-electron chi connectivity index (χ4n) is 3.39. The summed E-state index contributed by atoms with van der Waals surface area (Å²) < 4.78 is 0. The number of hydrogen-bond donors (Lipinski definition) is 2. The van der Waals surface area contributed by atoms with Gasteiger partial charge >= 0.3 is 0 Å². The Morgan fingerprint density at radius 2 is 1.70 bits per heavy atom. The van der Waals surface area contributed by atoms with E-state index in [2.05, 4.69) is 27.2 Å². The van der Waals surface area contributed by atoms with Crippen molar-refractivity contribution in [3.63, 3.8) is 0 Å². The number of piperidine rings is 2. The van der Waals surface area contributed by atoms with Gasteiger partial charge < -0.3 is 15.3 Å². The van der Waals surface area contributed by atoms with Crippen LogP contribution in [0.15, 0.2) is 24.3 Å².